The molecule has 0 saturated heterocycles. The first-order chi connectivity index (χ1) is 10.5. The van der Waals surface area contributed by atoms with Crippen molar-refractivity contribution in [3.05, 3.63) is 47.2 Å². The van der Waals surface area contributed by atoms with Gasteiger partial charge in [-0.1, -0.05) is 0 Å². The van der Waals surface area contributed by atoms with Crippen LogP contribution in [0.2, 0.25) is 0 Å². The van der Waals surface area contributed by atoms with Crippen LogP contribution in [0.3, 0.4) is 0 Å². The smallest absolute Gasteiger partial charge is 0.270 e. The molecule has 0 aliphatic carbocycles. The summed E-state index contributed by atoms with van der Waals surface area (Å²) in [5.41, 5.74) is 0.953. The average Bonchev–Trinajstić information content (AvgIpc) is 2.48. The molecule has 0 amide bonds. The fraction of sp³-hybridized carbons (Fsp3) is 0.125. The normalized spacial score (nSPS) is 16.4. The summed E-state index contributed by atoms with van der Waals surface area (Å²) in [4.78, 5) is 0. The van der Waals surface area contributed by atoms with E-state index in [0.29, 0.717) is 16.9 Å². The molecule has 1 atom stereocenters. The van der Waals surface area contributed by atoms with Gasteiger partial charge in [-0.15, -0.1) is 0 Å². The van der Waals surface area contributed by atoms with Crippen molar-refractivity contribution in [1.29, 1.82) is 0 Å². The van der Waals surface area contributed by atoms with Gasteiger partial charge in [0.1, 0.15) is 17.1 Å². The Bertz CT molecular complexity index is 765. The highest BCUT2D eigenvalue weighted by Gasteiger charge is 2.31. The van der Waals surface area contributed by atoms with Crippen molar-refractivity contribution in [2.24, 2.45) is 0 Å². The van der Waals surface area contributed by atoms with Crippen molar-refractivity contribution in [2.45, 2.75) is 6.10 Å². The summed E-state index contributed by atoms with van der Waals surface area (Å²) in [5, 5.41) is 39.2. The van der Waals surface area contributed by atoms with E-state index < -0.39 is 6.10 Å². The van der Waals surface area contributed by atoms with E-state index in [2.05, 4.69) is 4.74 Å². The Kier molecular flexibility index (Phi) is 3.21. The van der Waals surface area contributed by atoms with Crippen molar-refractivity contribution in [2.75, 3.05) is 7.11 Å². The van der Waals surface area contributed by atoms with Crippen molar-refractivity contribution in [1.82, 2.24) is 0 Å². The lowest BCUT2D eigenvalue weighted by Crippen LogP contribution is -2.12. The summed E-state index contributed by atoms with van der Waals surface area (Å²) < 4.78 is 9.39. The van der Waals surface area contributed by atoms with Crippen molar-refractivity contribution < 1.29 is 29.9 Å². The zero-order chi connectivity index (χ0) is 15.9. The van der Waals surface area contributed by atoms with Crippen LogP contribution in [0.1, 0.15) is 17.2 Å². The molecule has 0 fully saturated rings. The van der Waals surface area contributed by atoms with Crippen LogP contribution in [0.25, 0.3) is 6.08 Å². The summed E-state index contributed by atoms with van der Waals surface area (Å²) >= 11 is 0. The minimum atomic E-state index is -0.705. The lowest BCUT2D eigenvalue weighted by atomic mass is 10.0. The van der Waals surface area contributed by atoms with Gasteiger partial charge >= 0.3 is 0 Å². The number of phenols is 3. The number of aromatic hydroxyl groups is 4. The number of ether oxygens (including phenoxy) is 2. The first-order valence-corrected chi connectivity index (χ1v) is 6.54. The molecule has 22 heavy (non-hydrogen) atoms. The first-order valence-electron chi connectivity index (χ1n) is 6.54. The van der Waals surface area contributed by atoms with Gasteiger partial charge in [0.25, 0.3) is 11.9 Å². The number of hydrogen-bond donors (Lipinski definition) is 4. The topological polar surface area (TPSA) is 103 Å². The Morgan fingerprint density at radius 3 is 2.50 bits per heavy atom. The maximum Gasteiger partial charge on any atom is 0.270 e. The Labute approximate surface area is 126 Å². The van der Waals surface area contributed by atoms with Gasteiger partial charge in [-0.25, -0.2) is 0 Å². The van der Waals surface area contributed by atoms with Gasteiger partial charge in [-0.3, -0.25) is 0 Å². The van der Waals surface area contributed by atoms with Gasteiger partial charge in [0.15, 0.2) is 17.3 Å². The largest absolute Gasteiger partial charge is 0.571 e. The molecule has 1 aliphatic heterocycles. The van der Waals surface area contributed by atoms with Gasteiger partial charge in [0.05, 0.1) is 18.7 Å². The number of rotatable bonds is 2. The van der Waals surface area contributed by atoms with E-state index in [-0.39, 0.29) is 28.8 Å². The Hall–Kier alpha value is -3.02. The number of fused-ring (bicyclic) bond motifs is 1. The second-order valence-corrected chi connectivity index (χ2v) is 4.93. The zero-order valence-electron chi connectivity index (χ0n) is 11.7. The zero-order valence-corrected chi connectivity index (χ0v) is 11.7. The van der Waals surface area contributed by atoms with Crippen molar-refractivity contribution in [3.8, 4) is 28.7 Å². The molecule has 114 valence electrons. The molecule has 0 radical (unpaired) electrons. The molecule has 6 heteroatoms. The molecule has 1 heterocycles. The van der Waals surface area contributed by atoms with Crippen molar-refractivity contribution >= 4 is 6.08 Å². The van der Waals surface area contributed by atoms with E-state index in [4.69, 9.17) is 4.74 Å². The van der Waals surface area contributed by atoms with E-state index in [1.807, 2.05) is 0 Å². The molecule has 5 N–H and O–H groups in total. The molecule has 1 unspecified atom stereocenters. The average molecular weight is 303 g/mol. The molecule has 2 aromatic rings. The number of methoxy groups -OCH3 is 1. The second-order valence-electron chi connectivity index (χ2n) is 4.93. The van der Waals surface area contributed by atoms with E-state index in [1.165, 1.54) is 31.4 Å². The van der Waals surface area contributed by atoms with Crippen LogP contribution in [-0.2, 0) is 0 Å². The lowest BCUT2D eigenvalue weighted by Gasteiger charge is -2.22. The van der Waals surface area contributed by atoms with E-state index >= 15 is 0 Å². The number of aliphatic hydroxyl groups is 2. The fourth-order valence-electron chi connectivity index (χ4n) is 2.40. The second kappa shape index (κ2) is 5.07. The Morgan fingerprint density at radius 1 is 1.00 bits per heavy atom. The molecule has 0 bridgehead atoms. The van der Waals surface area contributed by atoms with Crippen LogP contribution >= 0.6 is 0 Å². The maximum atomic E-state index is 10.2. The van der Waals surface area contributed by atoms with Crippen LogP contribution in [0.5, 0.6) is 28.7 Å². The van der Waals surface area contributed by atoms with E-state index in [1.54, 1.807) is 12.1 Å². The molecule has 3 rings (SSSR count). The molecule has 6 nitrogen and oxygen atoms in total. The third-order valence-electron chi connectivity index (χ3n) is 3.48. The number of aliphatic hydroxyl groups excluding tert-OH is 1. The third kappa shape index (κ3) is 2.24. The van der Waals surface area contributed by atoms with Gasteiger partial charge in [0.2, 0.25) is 0 Å². The summed E-state index contributed by atoms with van der Waals surface area (Å²) in [7, 11) is 1.43. The molecular formula is C16H15O6+. The number of benzene rings is 2. The van der Waals surface area contributed by atoms with Gasteiger partial charge < -0.3 is 29.9 Å². The quantitative estimate of drug-likeness (QED) is 0.639. The molecule has 0 spiro atoms. The standard InChI is InChI=1S/C16H14O6/c1-21-15-4-8(2-3-11(15)18)16-13(20)7-10-12(19)5-9(17)6-14(10)22-16/h2-7,16-20H,1H3/p+1. The highest BCUT2D eigenvalue weighted by atomic mass is 16.5. The summed E-state index contributed by atoms with van der Waals surface area (Å²) in [6, 6.07) is 7.22. The molecule has 0 aromatic heterocycles. The highest BCUT2D eigenvalue weighted by Crippen LogP contribution is 2.44. The Morgan fingerprint density at radius 2 is 1.77 bits per heavy atom. The summed E-state index contributed by atoms with van der Waals surface area (Å²) in [6.07, 6.45) is 0.699. The third-order valence-corrected chi connectivity index (χ3v) is 3.48. The predicted molar refractivity (Wildman–Crippen MR) is 79.4 cm³/mol. The van der Waals surface area contributed by atoms with Crippen molar-refractivity contribution in [3.63, 3.8) is 0 Å². The van der Waals surface area contributed by atoms with Crippen LogP contribution in [0, 0.1) is 0 Å². The van der Waals surface area contributed by atoms with E-state index in [0.717, 1.165) is 0 Å². The fourth-order valence-corrected chi connectivity index (χ4v) is 2.40. The molecule has 2 aromatic carbocycles. The van der Waals surface area contributed by atoms with E-state index in [9.17, 15) is 20.4 Å². The molecule has 0 saturated carbocycles. The monoisotopic (exact) mass is 303 g/mol. The van der Waals surface area contributed by atoms with Crippen LogP contribution in [0.4, 0.5) is 0 Å². The summed E-state index contributed by atoms with van der Waals surface area (Å²) in [6.45, 7) is 0. The maximum absolute atomic E-state index is 10.2. The minimum Gasteiger partial charge on any atom is -0.571 e. The van der Waals surface area contributed by atoms with Gasteiger partial charge in [0, 0.05) is 12.1 Å². The van der Waals surface area contributed by atoms with Crippen LogP contribution < -0.4 is 4.74 Å². The number of phenolic OH excluding ortho intramolecular Hbond substituents is 3. The van der Waals surface area contributed by atoms with Crippen LogP contribution in [0.15, 0.2) is 36.1 Å². The van der Waals surface area contributed by atoms with Gasteiger partial charge in [-0.05, 0) is 18.2 Å². The highest BCUT2D eigenvalue weighted by molar-refractivity contribution is 5.69. The molecular weight excluding hydrogens is 288 g/mol. The summed E-state index contributed by atoms with van der Waals surface area (Å²) in [5.74, 6) is 0.295. The first kappa shape index (κ1) is 13.9. The minimum absolute atomic E-state index is 0.0128. The SMILES string of the molecule is COc1cc(C2[OH+]c3cc(O)cc(O)c3C=C2O)ccc1O. The predicted octanol–water partition coefficient (Wildman–Crippen LogP) is 2.71. The molecule has 1 aliphatic rings. The number of hydrogen-bond acceptors (Lipinski definition) is 5. The Balaban J connectivity index is 2.04. The van der Waals surface area contributed by atoms with Crippen LogP contribution in [-0.4, -0.2) is 32.3 Å². The van der Waals surface area contributed by atoms with Gasteiger partial charge in [-0.2, -0.15) is 0 Å². The lowest BCUT2D eigenvalue weighted by molar-refractivity contribution is -0.0196.